The number of hydrogen-bond donors (Lipinski definition) is 2. The van der Waals surface area contributed by atoms with Gasteiger partial charge in [0.25, 0.3) is 0 Å². The summed E-state index contributed by atoms with van der Waals surface area (Å²) >= 11 is 0. The number of aliphatic carboxylic acids is 1. The smallest absolute Gasteiger partial charge is 0.307 e. The Morgan fingerprint density at radius 2 is 1.65 bits per heavy atom. The van der Waals surface area contributed by atoms with E-state index in [4.69, 9.17) is 0 Å². The van der Waals surface area contributed by atoms with Gasteiger partial charge in [0.05, 0.1) is 11.8 Å². The van der Waals surface area contributed by atoms with Crippen molar-refractivity contribution < 1.29 is 14.7 Å². The molecule has 0 aromatic carbocycles. The van der Waals surface area contributed by atoms with Crippen molar-refractivity contribution in [2.75, 3.05) is 0 Å². The largest absolute Gasteiger partial charge is 0.481 e. The van der Waals surface area contributed by atoms with Crippen LogP contribution in [0.3, 0.4) is 0 Å². The quantitative estimate of drug-likeness (QED) is 0.834. The van der Waals surface area contributed by atoms with Crippen molar-refractivity contribution in [3.8, 4) is 0 Å². The van der Waals surface area contributed by atoms with Gasteiger partial charge in [-0.1, -0.05) is 19.8 Å². The second-order valence-corrected chi connectivity index (χ2v) is 7.10. The second-order valence-electron chi connectivity index (χ2n) is 7.10. The molecule has 0 unspecified atom stereocenters. The lowest BCUT2D eigenvalue weighted by Gasteiger charge is -2.33. The summed E-state index contributed by atoms with van der Waals surface area (Å²) in [6, 6.07) is 0.254. The van der Waals surface area contributed by atoms with Crippen LogP contribution >= 0.6 is 0 Å². The van der Waals surface area contributed by atoms with Gasteiger partial charge in [0.1, 0.15) is 0 Å². The molecule has 4 heteroatoms. The first-order valence-corrected chi connectivity index (χ1v) is 8.11. The highest BCUT2D eigenvalue weighted by Crippen LogP contribution is 2.52. The zero-order chi connectivity index (χ0) is 14.3. The van der Waals surface area contributed by atoms with Crippen LogP contribution in [0.1, 0.15) is 51.9 Å². The summed E-state index contributed by atoms with van der Waals surface area (Å²) in [6.07, 6.45) is 7.61. The van der Waals surface area contributed by atoms with Crippen molar-refractivity contribution in [1.29, 1.82) is 0 Å². The van der Waals surface area contributed by atoms with Gasteiger partial charge in [-0.05, 0) is 49.9 Å². The summed E-state index contributed by atoms with van der Waals surface area (Å²) in [5.41, 5.74) is 0. The highest BCUT2D eigenvalue weighted by Gasteiger charge is 2.54. The number of nitrogens with one attached hydrogen (secondary N) is 1. The molecular formula is C16H25NO3. The van der Waals surface area contributed by atoms with Gasteiger partial charge in [0.2, 0.25) is 5.91 Å². The standard InChI is InChI=1S/C16H25NO3/c1-9-4-2-3-5-12(9)17-15(18)13-10-6-7-11(8-10)14(13)16(19)20/h9-14H,2-8H2,1H3,(H,17,18)(H,19,20)/t9-,10-,11-,12-,13+,14-/m0/s1. The number of carbonyl (C=O) groups excluding carboxylic acids is 1. The SMILES string of the molecule is C[C@H]1CCCC[C@@H]1NC(=O)[C@@H]1[C@H]2CC[C@@H](C2)[C@@H]1C(=O)O. The lowest BCUT2D eigenvalue weighted by Crippen LogP contribution is -2.47. The van der Waals surface area contributed by atoms with Crippen LogP contribution in [-0.4, -0.2) is 23.0 Å². The number of carboxylic acid groups (broad SMARTS) is 1. The highest BCUT2D eigenvalue weighted by molar-refractivity contribution is 5.86. The van der Waals surface area contributed by atoms with Gasteiger partial charge in [0.15, 0.2) is 0 Å². The van der Waals surface area contributed by atoms with Gasteiger partial charge >= 0.3 is 5.97 Å². The number of fused-ring (bicyclic) bond motifs is 2. The Bertz CT molecular complexity index is 409. The lowest BCUT2D eigenvalue weighted by molar-refractivity contribution is -0.149. The molecule has 3 aliphatic carbocycles. The van der Waals surface area contributed by atoms with Crippen molar-refractivity contribution in [2.24, 2.45) is 29.6 Å². The average molecular weight is 279 g/mol. The minimum atomic E-state index is -0.769. The van der Waals surface area contributed by atoms with Gasteiger partial charge in [-0.2, -0.15) is 0 Å². The lowest BCUT2D eigenvalue weighted by atomic mass is 9.78. The molecule has 0 heterocycles. The summed E-state index contributed by atoms with van der Waals surface area (Å²) in [5, 5.41) is 12.6. The molecule has 20 heavy (non-hydrogen) atoms. The molecule has 1 amide bonds. The normalized spacial score (nSPS) is 43.5. The minimum Gasteiger partial charge on any atom is -0.481 e. The minimum absolute atomic E-state index is 0.0170. The van der Waals surface area contributed by atoms with Crippen molar-refractivity contribution in [1.82, 2.24) is 5.32 Å². The molecule has 0 aromatic rings. The molecule has 0 aromatic heterocycles. The van der Waals surface area contributed by atoms with E-state index in [1.54, 1.807) is 0 Å². The Kier molecular flexibility index (Phi) is 3.74. The summed E-state index contributed by atoms with van der Waals surface area (Å²) in [7, 11) is 0. The summed E-state index contributed by atoms with van der Waals surface area (Å²) < 4.78 is 0. The molecule has 3 aliphatic rings. The third kappa shape index (κ3) is 2.33. The Morgan fingerprint density at radius 3 is 2.30 bits per heavy atom. The van der Waals surface area contributed by atoms with E-state index in [9.17, 15) is 14.7 Å². The maximum atomic E-state index is 12.6. The van der Waals surface area contributed by atoms with Crippen LogP contribution in [0.4, 0.5) is 0 Å². The van der Waals surface area contributed by atoms with E-state index in [1.165, 1.54) is 19.3 Å². The summed E-state index contributed by atoms with van der Waals surface area (Å²) in [5.74, 6) is -0.406. The van der Waals surface area contributed by atoms with Crippen LogP contribution in [0.15, 0.2) is 0 Å². The molecule has 112 valence electrons. The monoisotopic (exact) mass is 279 g/mol. The zero-order valence-electron chi connectivity index (χ0n) is 12.2. The van der Waals surface area contributed by atoms with Crippen LogP contribution in [0.2, 0.25) is 0 Å². The number of carboxylic acids is 1. The Morgan fingerprint density at radius 1 is 1.00 bits per heavy atom. The van der Waals surface area contributed by atoms with Crippen molar-refractivity contribution in [2.45, 2.75) is 57.9 Å². The Hall–Kier alpha value is -1.06. The number of hydrogen-bond acceptors (Lipinski definition) is 2. The fourth-order valence-corrected chi connectivity index (χ4v) is 4.83. The third-order valence-corrected chi connectivity index (χ3v) is 5.94. The topological polar surface area (TPSA) is 66.4 Å². The van der Waals surface area contributed by atoms with E-state index >= 15 is 0 Å². The van der Waals surface area contributed by atoms with Crippen LogP contribution < -0.4 is 5.32 Å². The molecule has 3 saturated carbocycles. The van der Waals surface area contributed by atoms with Crippen molar-refractivity contribution in [3.63, 3.8) is 0 Å². The van der Waals surface area contributed by atoms with Gasteiger partial charge in [-0.25, -0.2) is 0 Å². The van der Waals surface area contributed by atoms with Crippen LogP contribution in [0, 0.1) is 29.6 Å². The maximum Gasteiger partial charge on any atom is 0.307 e. The molecule has 0 spiro atoms. The molecule has 2 N–H and O–H groups in total. The van der Waals surface area contributed by atoms with E-state index in [0.29, 0.717) is 11.8 Å². The molecular weight excluding hydrogens is 254 g/mol. The predicted octanol–water partition coefficient (Wildman–Crippen LogP) is 2.43. The highest BCUT2D eigenvalue weighted by atomic mass is 16.4. The maximum absolute atomic E-state index is 12.6. The molecule has 4 nitrogen and oxygen atoms in total. The first kappa shape index (κ1) is 13.9. The second kappa shape index (κ2) is 5.38. The molecule has 3 fully saturated rings. The van der Waals surface area contributed by atoms with E-state index in [2.05, 4.69) is 12.2 Å². The molecule has 0 aliphatic heterocycles. The number of amides is 1. The van der Waals surface area contributed by atoms with Crippen LogP contribution in [-0.2, 0) is 9.59 Å². The first-order valence-electron chi connectivity index (χ1n) is 8.11. The van der Waals surface area contributed by atoms with Gasteiger partial charge < -0.3 is 10.4 Å². The molecule has 6 atom stereocenters. The molecule has 3 rings (SSSR count). The van der Waals surface area contributed by atoms with E-state index in [1.807, 2.05) is 0 Å². The van der Waals surface area contributed by atoms with Gasteiger partial charge in [-0.3, -0.25) is 9.59 Å². The number of carbonyl (C=O) groups is 2. The van der Waals surface area contributed by atoms with Crippen LogP contribution in [0.25, 0.3) is 0 Å². The Labute approximate surface area is 120 Å². The Balaban J connectivity index is 1.68. The predicted molar refractivity (Wildman–Crippen MR) is 75.0 cm³/mol. The van der Waals surface area contributed by atoms with Gasteiger partial charge in [-0.15, -0.1) is 0 Å². The molecule has 0 radical (unpaired) electrons. The van der Waals surface area contributed by atoms with Gasteiger partial charge in [0, 0.05) is 6.04 Å². The first-order chi connectivity index (χ1) is 9.58. The third-order valence-electron chi connectivity index (χ3n) is 5.94. The van der Waals surface area contributed by atoms with Crippen LogP contribution in [0.5, 0.6) is 0 Å². The zero-order valence-corrected chi connectivity index (χ0v) is 12.2. The fraction of sp³-hybridized carbons (Fsp3) is 0.875. The summed E-state index contributed by atoms with van der Waals surface area (Å²) in [4.78, 5) is 24.1. The average Bonchev–Trinajstić information content (AvgIpc) is 3.01. The van der Waals surface area contributed by atoms with E-state index in [0.717, 1.165) is 25.7 Å². The van der Waals surface area contributed by atoms with E-state index < -0.39 is 11.9 Å². The molecule has 0 saturated heterocycles. The van der Waals surface area contributed by atoms with Crippen molar-refractivity contribution in [3.05, 3.63) is 0 Å². The molecule has 2 bridgehead atoms. The van der Waals surface area contributed by atoms with E-state index in [-0.39, 0.29) is 23.8 Å². The fourth-order valence-electron chi connectivity index (χ4n) is 4.83. The number of rotatable bonds is 3. The van der Waals surface area contributed by atoms with Crippen molar-refractivity contribution >= 4 is 11.9 Å². The summed E-state index contributed by atoms with van der Waals surface area (Å²) in [6.45, 7) is 2.19.